The number of carbonyl (C=O) groups is 1. The van der Waals surface area contributed by atoms with Gasteiger partial charge in [-0.15, -0.1) is 0 Å². The van der Waals surface area contributed by atoms with Crippen LogP contribution in [-0.4, -0.2) is 26.5 Å². The van der Waals surface area contributed by atoms with Crippen LogP contribution >= 0.6 is 11.6 Å². The van der Waals surface area contributed by atoms with E-state index < -0.39 is 0 Å². The summed E-state index contributed by atoms with van der Waals surface area (Å²) in [6.07, 6.45) is 1.44. The molecule has 0 aromatic heterocycles. The number of ether oxygens (including phenoxy) is 1. The van der Waals surface area contributed by atoms with Crippen molar-refractivity contribution in [1.82, 2.24) is 0 Å². The molecular formula is C14H20ClNO2. The minimum absolute atomic E-state index is 0.220. The number of nitrogens with zero attached hydrogens (tertiary/aromatic N) is 1. The van der Waals surface area contributed by atoms with E-state index in [9.17, 15) is 4.79 Å². The predicted octanol–water partition coefficient (Wildman–Crippen LogP) is 3.46. The van der Waals surface area contributed by atoms with Crippen LogP contribution in [0.15, 0.2) is 12.1 Å². The van der Waals surface area contributed by atoms with Crippen molar-refractivity contribution in [2.45, 2.75) is 26.7 Å². The number of Topliss-reactive ketones (excluding diaryl/α,β-unsaturated/α-hetero) is 1. The van der Waals surface area contributed by atoms with Crippen LogP contribution in [0, 0.1) is 6.92 Å². The summed E-state index contributed by atoms with van der Waals surface area (Å²) in [5.74, 6) is 1.06. The summed E-state index contributed by atoms with van der Waals surface area (Å²) < 4.78 is 5.41. The third kappa shape index (κ3) is 3.91. The molecule has 4 heteroatoms. The van der Waals surface area contributed by atoms with Crippen LogP contribution in [0.5, 0.6) is 5.75 Å². The Kier molecular flexibility index (Phi) is 5.48. The van der Waals surface area contributed by atoms with Crippen LogP contribution < -0.4 is 9.64 Å². The molecule has 0 aliphatic carbocycles. The van der Waals surface area contributed by atoms with Gasteiger partial charge in [0.15, 0.2) is 0 Å². The first-order valence-electron chi connectivity index (χ1n) is 6.00. The largest absolute Gasteiger partial charge is 0.494 e. The fraction of sp³-hybridized carbons (Fsp3) is 0.500. The maximum atomic E-state index is 10.9. The molecule has 3 nitrogen and oxygen atoms in total. The number of halogens is 1. The average Bonchev–Trinajstić information content (AvgIpc) is 2.27. The first kappa shape index (κ1) is 14.8. The number of hydrogen-bond acceptors (Lipinski definition) is 3. The fourth-order valence-electron chi connectivity index (χ4n) is 1.95. The van der Waals surface area contributed by atoms with Crippen molar-refractivity contribution in [1.29, 1.82) is 0 Å². The fourth-order valence-corrected chi connectivity index (χ4v) is 2.21. The first-order valence-corrected chi connectivity index (χ1v) is 6.38. The zero-order valence-corrected chi connectivity index (χ0v) is 12.2. The monoisotopic (exact) mass is 269 g/mol. The molecule has 0 unspecified atom stereocenters. The normalized spacial score (nSPS) is 10.3. The number of rotatable bonds is 6. The van der Waals surface area contributed by atoms with Crippen LogP contribution in [-0.2, 0) is 4.79 Å². The van der Waals surface area contributed by atoms with Crippen LogP contribution in [0.4, 0.5) is 5.69 Å². The molecule has 0 spiro atoms. The van der Waals surface area contributed by atoms with Crippen molar-refractivity contribution in [2.24, 2.45) is 0 Å². The maximum Gasteiger partial charge on any atom is 0.145 e. The Morgan fingerprint density at radius 1 is 1.44 bits per heavy atom. The number of carbonyl (C=O) groups excluding carboxylic acids is 1. The van der Waals surface area contributed by atoms with Crippen molar-refractivity contribution < 1.29 is 9.53 Å². The number of hydrogen-bond donors (Lipinski definition) is 0. The summed E-state index contributed by atoms with van der Waals surface area (Å²) >= 11 is 6.07. The Morgan fingerprint density at radius 2 is 2.11 bits per heavy atom. The van der Waals surface area contributed by atoms with Gasteiger partial charge in [-0.25, -0.2) is 0 Å². The van der Waals surface area contributed by atoms with E-state index in [2.05, 4.69) is 4.90 Å². The van der Waals surface area contributed by atoms with Crippen LogP contribution in [0.25, 0.3) is 0 Å². The zero-order chi connectivity index (χ0) is 13.7. The summed E-state index contributed by atoms with van der Waals surface area (Å²) in [4.78, 5) is 13.0. The molecule has 0 radical (unpaired) electrons. The lowest BCUT2D eigenvalue weighted by Gasteiger charge is -2.23. The zero-order valence-electron chi connectivity index (χ0n) is 11.4. The highest BCUT2D eigenvalue weighted by Crippen LogP contribution is 2.34. The lowest BCUT2D eigenvalue weighted by Crippen LogP contribution is -2.20. The van der Waals surface area contributed by atoms with E-state index in [1.165, 1.54) is 0 Å². The van der Waals surface area contributed by atoms with E-state index in [4.69, 9.17) is 16.3 Å². The van der Waals surface area contributed by atoms with Gasteiger partial charge in [-0.05, 0) is 38.0 Å². The van der Waals surface area contributed by atoms with E-state index in [0.717, 1.165) is 30.0 Å². The van der Waals surface area contributed by atoms with Crippen molar-refractivity contribution >= 4 is 23.1 Å². The Morgan fingerprint density at radius 3 is 2.67 bits per heavy atom. The Hall–Kier alpha value is -1.22. The molecule has 0 bridgehead atoms. The quantitative estimate of drug-likeness (QED) is 0.792. The van der Waals surface area contributed by atoms with Gasteiger partial charge in [0, 0.05) is 25.0 Å². The number of benzene rings is 1. The molecule has 0 aliphatic heterocycles. The van der Waals surface area contributed by atoms with Gasteiger partial charge in [0.25, 0.3) is 0 Å². The molecule has 0 saturated carbocycles. The standard InChI is InChI=1S/C14H20ClNO2/c1-10-8-12(15)9-13(14(10)18-4)16(3)7-5-6-11(2)17/h8-9H,5-7H2,1-4H3. The van der Waals surface area contributed by atoms with Crippen molar-refractivity contribution in [3.63, 3.8) is 0 Å². The maximum absolute atomic E-state index is 10.9. The molecule has 1 aromatic carbocycles. The highest BCUT2D eigenvalue weighted by Gasteiger charge is 2.12. The molecule has 0 N–H and O–H groups in total. The molecule has 100 valence electrons. The average molecular weight is 270 g/mol. The molecule has 1 aromatic rings. The SMILES string of the molecule is COc1c(C)cc(Cl)cc1N(C)CCCC(C)=O. The van der Waals surface area contributed by atoms with Gasteiger partial charge < -0.3 is 14.4 Å². The summed E-state index contributed by atoms with van der Waals surface area (Å²) in [5.41, 5.74) is 1.98. The molecular weight excluding hydrogens is 250 g/mol. The second kappa shape index (κ2) is 6.64. The van der Waals surface area contributed by atoms with E-state index in [1.807, 2.05) is 26.1 Å². The van der Waals surface area contributed by atoms with E-state index >= 15 is 0 Å². The van der Waals surface area contributed by atoms with Gasteiger partial charge in [0.1, 0.15) is 11.5 Å². The Balaban J connectivity index is 2.83. The molecule has 1 rings (SSSR count). The number of methoxy groups -OCH3 is 1. The second-order valence-corrected chi connectivity index (χ2v) is 4.94. The van der Waals surface area contributed by atoms with Gasteiger partial charge >= 0.3 is 0 Å². The molecule has 0 amide bonds. The van der Waals surface area contributed by atoms with Crippen LogP contribution in [0.3, 0.4) is 0 Å². The third-order valence-corrected chi connectivity index (χ3v) is 3.08. The molecule has 0 atom stereocenters. The molecule has 18 heavy (non-hydrogen) atoms. The topological polar surface area (TPSA) is 29.5 Å². The molecule has 0 fully saturated rings. The second-order valence-electron chi connectivity index (χ2n) is 4.50. The van der Waals surface area contributed by atoms with Gasteiger partial charge in [0.05, 0.1) is 12.8 Å². The van der Waals surface area contributed by atoms with E-state index in [1.54, 1.807) is 14.0 Å². The number of anilines is 1. The minimum atomic E-state index is 0.220. The first-order chi connectivity index (χ1) is 8.45. The minimum Gasteiger partial charge on any atom is -0.494 e. The van der Waals surface area contributed by atoms with Crippen LogP contribution in [0.1, 0.15) is 25.3 Å². The Labute approximate surface area is 114 Å². The molecule has 0 aliphatic rings. The highest BCUT2D eigenvalue weighted by atomic mass is 35.5. The van der Waals surface area contributed by atoms with Gasteiger partial charge in [-0.3, -0.25) is 0 Å². The summed E-state index contributed by atoms with van der Waals surface area (Å²) in [5, 5.41) is 0.696. The Bertz CT molecular complexity index is 432. The lowest BCUT2D eigenvalue weighted by atomic mass is 10.1. The smallest absolute Gasteiger partial charge is 0.145 e. The van der Waals surface area contributed by atoms with Gasteiger partial charge in [-0.2, -0.15) is 0 Å². The summed E-state index contributed by atoms with van der Waals surface area (Å²) in [6.45, 7) is 4.39. The number of aryl methyl sites for hydroxylation is 1. The van der Waals surface area contributed by atoms with E-state index in [0.29, 0.717) is 11.4 Å². The van der Waals surface area contributed by atoms with Gasteiger partial charge in [-0.1, -0.05) is 11.6 Å². The van der Waals surface area contributed by atoms with Gasteiger partial charge in [0.2, 0.25) is 0 Å². The van der Waals surface area contributed by atoms with Crippen LogP contribution in [0.2, 0.25) is 5.02 Å². The third-order valence-electron chi connectivity index (χ3n) is 2.86. The molecule has 0 saturated heterocycles. The van der Waals surface area contributed by atoms with Crippen molar-refractivity contribution in [3.8, 4) is 5.75 Å². The lowest BCUT2D eigenvalue weighted by molar-refractivity contribution is -0.117. The van der Waals surface area contributed by atoms with Crippen molar-refractivity contribution in [3.05, 3.63) is 22.7 Å². The summed E-state index contributed by atoms with van der Waals surface area (Å²) in [7, 11) is 3.64. The van der Waals surface area contributed by atoms with Crippen molar-refractivity contribution in [2.75, 3.05) is 25.6 Å². The number of ketones is 1. The highest BCUT2D eigenvalue weighted by molar-refractivity contribution is 6.31. The van der Waals surface area contributed by atoms with E-state index in [-0.39, 0.29) is 5.78 Å². The molecule has 0 heterocycles. The predicted molar refractivity (Wildman–Crippen MR) is 75.9 cm³/mol. The summed E-state index contributed by atoms with van der Waals surface area (Å²) in [6, 6.07) is 3.77.